The summed E-state index contributed by atoms with van der Waals surface area (Å²) < 4.78 is 22.7. The molecule has 1 aromatic rings. The summed E-state index contributed by atoms with van der Waals surface area (Å²) >= 11 is 5.78. The van der Waals surface area contributed by atoms with Gasteiger partial charge in [0.1, 0.15) is 9.84 Å². The first-order valence-electron chi connectivity index (χ1n) is 5.63. The molecule has 0 saturated heterocycles. The molecule has 0 spiro atoms. The van der Waals surface area contributed by atoms with E-state index in [-0.39, 0.29) is 17.5 Å². The molecule has 0 bridgehead atoms. The Morgan fingerprint density at radius 2 is 1.88 bits per heavy atom. The Labute approximate surface area is 108 Å². The van der Waals surface area contributed by atoms with Crippen molar-refractivity contribution >= 4 is 21.4 Å². The van der Waals surface area contributed by atoms with Crippen LogP contribution in [0.4, 0.5) is 0 Å². The molecule has 0 saturated carbocycles. The third-order valence-electron chi connectivity index (χ3n) is 2.65. The summed E-state index contributed by atoms with van der Waals surface area (Å²) in [5.41, 5.74) is 6.99. The summed E-state index contributed by atoms with van der Waals surface area (Å²) in [5, 5.41) is 0.691. The lowest BCUT2D eigenvalue weighted by molar-refractivity contribution is 0.581. The highest BCUT2D eigenvalue weighted by Gasteiger charge is 2.11. The largest absolute Gasteiger partial charge is 0.327 e. The lowest BCUT2D eigenvalue weighted by Crippen LogP contribution is -2.26. The van der Waals surface area contributed by atoms with Crippen molar-refractivity contribution in [2.45, 2.75) is 25.8 Å². The van der Waals surface area contributed by atoms with Crippen molar-refractivity contribution in [1.29, 1.82) is 0 Å². The van der Waals surface area contributed by atoms with Gasteiger partial charge in [0.2, 0.25) is 0 Å². The minimum atomic E-state index is -2.91. The van der Waals surface area contributed by atoms with Gasteiger partial charge in [-0.3, -0.25) is 0 Å². The molecular formula is C12H18ClNO2S. The Morgan fingerprint density at radius 1 is 1.29 bits per heavy atom. The molecule has 0 aliphatic carbocycles. The summed E-state index contributed by atoms with van der Waals surface area (Å²) in [5.74, 6) is 0.346. The van der Waals surface area contributed by atoms with Gasteiger partial charge in [0, 0.05) is 16.8 Å². The van der Waals surface area contributed by atoms with Crippen LogP contribution in [0, 0.1) is 0 Å². The van der Waals surface area contributed by atoms with E-state index in [9.17, 15) is 8.42 Å². The third-order valence-corrected chi connectivity index (χ3v) is 4.64. The van der Waals surface area contributed by atoms with Gasteiger partial charge in [-0.15, -0.1) is 0 Å². The van der Waals surface area contributed by atoms with Crippen molar-refractivity contribution in [2.75, 3.05) is 11.5 Å². The van der Waals surface area contributed by atoms with Gasteiger partial charge in [-0.25, -0.2) is 8.42 Å². The monoisotopic (exact) mass is 275 g/mol. The minimum Gasteiger partial charge on any atom is -0.327 e. The van der Waals surface area contributed by atoms with E-state index >= 15 is 0 Å². The predicted octanol–water partition coefficient (Wildman–Crippen LogP) is 2.03. The average molecular weight is 276 g/mol. The number of nitrogens with two attached hydrogens (primary N) is 1. The Bertz CT molecular complexity index is 442. The topological polar surface area (TPSA) is 60.2 Å². The maximum absolute atomic E-state index is 11.3. The molecular weight excluding hydrogens is 258 g/mol. The highest BCUT2D eigenvalue weighted by molar-refractivity contribution is 7.91. The van der Waals surface area contributed by atoms with Crippen molar-refractivity contribution in [3.05, 3.63) is 34.9 Å². The number of hydrogen-bond donors (Lipinski definition) is 1. The van der Waals surface area contributed by atoms with Crippen molar-refractivity contribution < 1.29 is 8.42 Å². The summed E-state index contributed by atoms with van der Waals surface area (Å²) in [6.45, 7) is 1.65. The zero-order chi connectivity index (χ0) is 12.9. The smallest absolute Gasteiger partial charge is 0.150 e. The average Bonchev–Trinajstić information content (AvgIpc) is 2.30. The molecule has 2 N–H and O–H groups in total. The Hall–Kier alpha value is -0.580. The van der Waals surface area contributed by atoms with E-state index < -0.39 is 9.84 Å². The number of halogens is 1. The van der Waals surface area contributed by atoms with Crippen LogP contribution < -0.4 is 5.73 Å². The minimum absolute atomic E-state index is 0.127. The normalized spacial score (nSPS) is 13.6. The number of sulfone groups is 1. The van der Waals surface area contributed by atoms with Crippen molar-refractivity contribution in [3.8, 4) is 0 Å². The fourth-order valence-corrected chi connectivity index (χ4v) is 2.58. The SMILES string of the molecule is CCS(=O)(=O)CCC(N)Cc1ccc(Cl)cc1. The molecule has 1 unspecified atom stereocenters. The second kappa shape index (κ2) is 6.38. The zero-order valence-electron chi connectivity index (χ0n) is 9.90. The first-order chi connectivity index (χ1) is 7.93. The standard InChI is InChI=1S/C12H18ClNO2S/c1-2-17(15,16)8-7-12(14)9-10-3-5-11(13)6-4-10/h3-6,12H,2,7-9,14H2,1H3. The van der Waals surface area contributed by atoms with Crippen LogP contribution in [0.3, 0.4) is 0 Å². The van der Waals surface area contributed by atoms with Gasteiger partial charge in [0.15, 0.2) is 0 Å². The molecule has 0 aliphatic heterocycles. The van der Waals surface area contributed by atoms with Crippen LogP contribution in [0.1, 0.15) is 18.9 Å². The highest BCUT2D eigenvalue weighted by atomic mass is 35.5. The van der Waals surface area contributed by atoms with Crippen LogP contribution in [0.5, 0.6) is 0 Å². The molecule has 17 heavy (non-hydrogen) atoms. The van der Waals surface area contributed by atoms with E-state index in [4.69, 9.17) is 17.3 Å². The molecule has 5 heteroatoms. The van der Waals surface area contributed by atoms with Gasteiger partial charge in [-0.1, -0.05) is 30.7 Å². The Kier molecular flexibility index (Phi) is 5.43. The maximum atomic E-state index is 11.3. The molecule has 0 aliphatic rings. The molecule has 96 valence electrons. The van der Waals surface area contributed by atoms with Gasteiger partial charge in [-0.05, 0) is 30.5 Å². The van der Waals surface area contributed by atoms with Gasteiger partial charge in [-0.2, -0.15) is 0 Å². The van der Waals surface area contributed by atoms with E-state index in [2.05, 4.69) is 0 Å². The second-order valence-corrected chi connectivity index (χ2v) is 7.02. The molecule has 0 amide bonds. The molecule has 1 aromatic carbocycles. The van der Waals surface area contributed by atoms with Crippen LogP contribution in [0.25, 0.3) is 0 Å². The lowest BCUT2D eigenvalue weighted by atomic mass is 10.1. The summed E-state index contributed by atoms with van der Waals surface area (Å²) in [4.78, 5) is 0. The molecule has 1 rings (SSSR count). The van der Waals surface area contributed by atoms with E-state index in [0.29, 0.717) is 17.9 Å². The van der Waals surface area contributed by atoms with E-state index in [1.54, 1.807) is 6.92 Å². The lowest BCUT2D eigenvalue weighted by Gasteiger charge is -2.11. The van der Waals surface area contributed by atoms with Crippen molar-refractivity contribution in [3.63, 3.8) is 0 Å². The van der Waals surface area contributed by atoms with Crippen LogP contribution in [-0.2, 0) is 16.3 Å². The molecule has 1 atom stereocenters. The molecule has 3 nitrogen and oxygen atoms in total. The molecule has 0 fully saturated rings. The molecule has 0 aromatic heterocycles. The summed E-state index contributed by atoms with van der Waals surface area (Å²) in [6.07, 6.45) is 1.18. The predicted molar refractivity (Wildman–Crippen MR) is 72.1 cm³/mol. The highest BCUT2D eigenvalue weighted by Crippen LogP contribution is 2.11. The first kappa shape index (κ1) is 14.5. The van der Waals surface area contributed by atoms with E-state index in [0.717, 1.165) is 5.56 Å². The van der Waals surface area contributed by atoms with Crippen molar-refractivity contribution in [2.24, 2.45) is 5.73 Å². The van der Waals surface area contributed by atoms with Gasteiger partial charge in [0.05, 0.1) is 5.75 Å². The Morgan fingerprint density at radius 3 is 2.41 bits per heavy atom. The van der Waals surface area contributed by atoms with Gasteiger partial charge < -0.3 is 5.73 Å². The Balaban J connectivity index is 2.45. The van der Waals surface area contributed by atoms with E-state index in [1.807, 2.05) is 24.3 Å². The molecule has 0 radical (unpaired) electrons. The van der Waals surface area contributed by atoms with Crippen molar-refractivity contribution in [1.82, 2.24) is 0 Å². The van der Waals surface area contributed by atoms with Crippen LogP contribution in [0.15, 0.2) is 24.3 Å². The van der Waals surface area contributed by atoms with Gasteiger partial charge >= 0.3 is 0 Å². The van der Waals surface area contributed by atoms with Crippen LogP contribution >= 0.6 is 11.6 Å². The second-order valence-electron chi connectivity index (χ2n) is 4.12. The first-order valence-corrected chi connectivity index (χ1v) is 7.83. The number of rotatable bonds is 6. The maximum Gasteiger partial charge on any atom is 0.150 e. The fourth-order valence-electron chi connectivity index (χ4n) is 1.50. The summed E-state index contributed by atoms with van der Waals surface area (Å²) in [6, 6.07) is 7.32. The van der Waals surface area contributed by atoms with Crippen LogP contribution in [0.2, 0.25) is 5.02 Å². The molecule has 0 heterocycles. The van der Waals surface area contributed by atoms with Crippen LogP contribution in [-0.4, -0.2) is 26.0 Å². The quantitative estimate of drug-likeness (QED) is 0.864. The summed E-state index contributed by atoms with van der Waals surface area (Å²) in [7, 11) is -2.91. The van der Waals surface area contributed by atoms with E-state index in [1.165, 1.54) is 0 Å². The third kappa shape index (κ3) is 5.52. The number of benzene rings is 1. The van der Waals surface area contributed by atoms with Gasteiger partial charge in [0.25, 0.3) is 0 Å². The zero-order valence-corrected chi connectivity index (χ0v) is 11.5. The number of hydrogen-bond acceptors (Lipinski definition) is 3. The fraction of sp³-hybridized carbons (Fsp3) is 0.500.